The van der Waals surface area contributed by atoms with E-state index >= 15 is 0 Å². The van der Waals surface area contributed by atoms with E-state index in [0.29, 0.717) is 0 Å². The Balaban J connectivity index is 1.70. The number of fused-ring (bicyclic) bond motifs is 1. The molecular formula is C17H24ClNO. The van der Waals surface area contributed by atoms with E-state index < -0.39 is 0 Å². The molecule has 0 amide bonds. The number of oxazole rings is 1. The summed E-state index contributed by atoms with van der Waals surface area (Å²) < 4.78 is 5.70. The first-order valence-electron chi connectivity index (χ1n) is 7.78. The Morgan fingerprint density at radius 3 is 2.65 bits per heavy atom. The van der Waals surface area contributed by atoms with Gasteiger partial charge in [0.25, 0.3) is 0 Å². The number of halogens is 1. The normalized spacial score (nSPS) is 12.9. The molecule has 1 heterocycles. The largest absolute Gasteiger partial charge is 0.441 e. The lowest BCUT2D eigenvalue weighted by molar-refractivity contribution is 0.506. The second-order valence-electron chi connectivity index (χ2n) is 5.43. The van der Waals surface area contributed by atoms with E-state index in [-0.39, 0.29) is 5.38 Å². The summed E-state index contributed by atoms with van der Waals surface area (Å²) in [5.74, 6) is 0.761. The van der Waals surface area contributed by atoms with Gasteiger partial charge in [-0.2, -0.15) is 0 Å². The number of hydrogen-bond acceptors (Lipinski definition) is 2. The first kappa shape index (κ1) is 15.4. The van der Waals surface area contributed by atoms with Crippen LogP contribution in [-0.4, -0.2) is 10.4 Å². The van der Waals surface area contributed by atoms with Gasteiger partial charge in [-0.1, -0.05) is 57.6 Å². The quantitative estimate of drug-likeness (QED) is 0.436. The summed E-state index contributed by atoms with van der Waals surface area (Å²) >= 11 is 6.38. The van der Waals surface area contributed by atoms with E-state index in [1.54, 1.807) is 0 Å². The number of benzene rings is 1. The van der Waals surface area contributed by atoms with Gasteiger partial charge in [-0.3, -0.25) is 0 Å². The van der Waals surface area contributed by atoms with Crippen molar-refractivity contribution in [2.75, 3.05) is 0 Å². The van der Waals surface area contributed by atoms with Crippen LogP contribution in [0.15, 0.2) is 28.7 Å². The van der Waals surface area contributed by atoms with E-state index in [9.17, 15) is 0 Å². The number of aromatic nitrogens is 1. The number of hydrogen-bond donors (Lipinski definition) is 0. The van der Waals surface area contributed by atoms with Crippen molar-refractivity contribution in [1.29, 1.82) is 0 Å². The topological polar surface area (TPSA) is 26.0 Å². The lowest BCUT2D eigenvalue weighted by Crippen LogP contribution is -2.03. The summed E-state index contributed by atoms with van der Waals surface area (Å²) in [6, 6.07) is 7.86. The van der Waals surface area contributed by atoms with Gasteiger partial charge in [-0.05, 0) is 18.6 Å². The summed E-state index contributed by atoms with van der Waals surface area (Å²) in [5.41, 5.74) is 1.77. The van der Waals surface area contributed by atoms with E-state index in [1.807, 2.05) is 24.3 Å². The van der Waals surface area contributed by atoms with Crippen LogP contribution in [0.2, 0.25) is 0 Å². The highest BCUT2D eigenvalue weighted by Gasteiger charge is 2.11. The number of rotatable bonds is 9. The maximum atomic E-state index is 6.38. The molecule has 0 spiro atoms. The molecule has 0 bridgehead atoms. The minimum absolute atomic E-state index is 0.134. The SMILES string of the molecule is CCCCCCCCC(Cl)Cc1nc2ccccc2o1. The van der Waals surface area contributed by atoms with Gasteiger partial charge in [0.15, 0.2) is 11.5 Å². The molecule has 0 aliphatic carbocycles. The number of nitrogens with zero attached hydrogens (tertiary/aromatic N) is 1. The van der Waals surface area contributed by atoms with Gasteiger partial charge in [-0.15, -0.1) is 11.6 Å². The predicted octanol–water partition coefficient (Wildman–Crippen LogP) is 5.73. The molecule has 20 heavy (non-hydrogen) atoms. The molecular weight excluding hydrogens is 270 g/mol. The third-order valence-corrected chi connectivity index (χ3v) is 3.98. The van der Waals surface area contributed by atoms with Crippen molar-refractivity contribution in [3.05, 3.63) is 30.2 Å². The zero-order valence-electron chi connectivity index (χ0n) is 12.3. The third-order valence-electron chi connectivity index (χ3n) is 3.61. The summed E-state index contributed by atoms with van der Waals surface area (Å²) in [5, 5.41) is 0.134. The third kappa shape index (κ3) is 4.82. The zero-order chi connectivity index (χ0) is 14.2. The second-order valence-corrected chi connectivity index (χ2v) is 6.05. The van der Waals surface area contributed by atoms with Gasteiger partial charge in [0, 0.05) is 11.8 Å². The minimum Gasteiger partial charge on any atom is -0.441 e. The van der Waals surface area contributed by atoms with Crippen molar-refractivity contribution in [3.63, 3.8) is 0 Å². The van der Waals surface area contributed by atoms with Gasteiger partial charge in [0.2, 0.25) is 0 Å². The smallest absolute Gasteiger partial charge is 0.196 e. The van der Waals surface area contributed by atoms with Crippen LogP contribution in [0.5, 0.6) is 0 Å². The summed E-state index contributed by atoms with van der Waals surface area (Å²) in [6.45, 7) is 2.25. The van der Waals surface area contributed by atoms with Gasteiger partial charge >= 0.3 is 0 Å². The van der Waals surface area contributed by atoms with Crippen molar-refractivity contribution in [2.45, 2.75) is 63.7 Å². The van der Waals surface area contributed by atoms with Crippen molar-refractivity contribution >= 4 is 22.7 Å². The average Bonchev–Trinajstić information content (AvgIpc) is 2.84. The Labute approximate surface area is 126 Å². The average molecular weight is 294 g/mol. The molecule has 2 rings (SSSR count). The predicted molar refractivity (Wildman–Crippen MR) is 85.3 cm³/mol. The maximum Gasteiger partial charge on any atom is 0.196 e. The van der Waals surface area contributed by atoms with Crippen LogP contribution in [0.1, 0.15) is 57.8 Å². The van der Waals surface area contributed by atoms with Crippen LogP contribution < -0.4 is 0 Å². The first-order chi connectivity index (χ1) is 9.79. The highest BCUT2D eigenvalue weighted by Crippen LogP contribution is 2.19. The van der Waals surface area contributed by atoms with Crippen LogP contribution in [-0.2, 0) is 6.42 Å². The lowest BCUT2D eigenvalue weighted by atomic mass is 10.1. The second kappa shape index (κ2) is 8.31. The lowest BCUT2D eigenvalue weighted by Gasteiger charge is -2.06. The van der Waals surface area contributed by atoms with Gasteiger partial charge in [-0.25, -0.2) is 4.98 Å². The fraction of sp³-hybridized carbons (Fsp3) is 0.588. The fourth-order valence-electron chi connectivity index (χ4n) is 2.44. The summed E-state index contributed by atoms with van der Waals surface area (Å²) in [7, 11) is 0. The Bertz CT molecular complexity index is 475. The molecule has 2 aromatic rings. The van der Waals surface area contributed by atoms with Crippen LogP contribution >= 0.6 is 11.6 Å². The van der Waals surface area contributed by atoms with E-state index in [4.69, 9.17) is 16.0 Å². The van der Waals surface area contributed by atoms with Crippen molar-refractivity contribution < 1.29 is 4.42 Å². The molecule has 1 unspecified atom stereocenters. The molecule has 0 radical (unpaired) electrons. The summed E-state index contributed by atoms with van der Waals surface area (Å²) in [4.78, 5) is 4.47. The molecule has 0 aliphatic rings. The van der Waals surface area contributed by atoms with Gasteiger partial charge < -0.3 is 4.42 Å². The molecule has 0 N–H and O–H groups in total. The highest BCUT2D eigenvalue weighted by molar-refractivity contribution is 6.20. The number of alkyl halides is 1. The van der Waals surface area contributed by atoms with Gasteiger partial charge in [0.1, 0.15) is 5.52 Å². The van der Waals surface area contributed by atoms with Crippen molar-refractivity contribution in [2.24, 2.45) is 0 Å². The minimum atomic E-state index is 0.134. The molecule has 3 heteroatoms. The molecule has 1 aromatic carbocycles. The van der Waals surface area contributed by atoms with E-state index in [1.165, 1.54) is 38.5 Å². The molecule has 0 fully saturated rings. The van der Waals surface area contributed by atoms with Crippen LogP contribution in [0.3, 0.4) is 0 Å². The zero-order valence-corrected chi connectivity index (χ0v) is 13.0. The highest BCUT2D eigenvalue weighted by atomic mass is 35.5. The summed E-state index contributed by atoms with van der Waals surface area (Å²) in [6.07, 6.45) is 9.62. The van der Waals surface area contributed by atoms with Gasteiger partial charge in [0.05, 0.1) is 0 Å². The standard InChI is InChI=1S/C17H24ClNO/c1-2-3-4-5-6-7-10-14(18)13-17-19-15-11-8-9-12-16(15)20-17/h8-9,11-12,14H,2-7,10,13H2,1H3. The molecule has 0 saturated heterocycles. The Hall–Kier alpha value is -1.02. The molecule has 110 valence electrons. The molecule has 1 atom stereocenters. The molecule has 0 aliphatic heterocycles. The molecule has 2 nitrogen and oxygen atoms in total. The Morgan fingerprint density at radius 2 is 1.85 bits per heavy atom. The molecule has 1 aromatic heterocycles. The molecule has 0 saturated carbocycles. The number of para-hydroxylation sites is 2. The Kier molecular flexibility index (Phi) is 6.38. The van der Waals surface area contributed by atoms with E-state index in [2.05, 4.69) is 11.9 Å². The van der Waals surface area contributed by atoms with E-state index in [0.717, 1.165) is 29.8 Å². The monoisotopic (exact) mass is 293 g/mol. The van der Waals surface area contributed by atoms with Crippen molar-refractivity contribution in [3.8, 4) is 0 Å². The van der Waals surface area contributed by atoms with Crippen LogP contribution in [0.25, 0.3) is 11.1 Å². The Morgan fingerprint density at radius 1 is 1.10 bits per heavy atom. The maximum absolute atomic E-state index is 6.38. The van der Waals surface area contributed by atoms with Crippen LogP contribution in [0.4, 0.5) is 0 Å². The first-order valence-corrected chi connectivity index (χ1v) is 8.21. The number of unbranched alkanes of at least 4 members (excludes halogenated alkanes) is 5. The van der Waals surface area contributed by atoms with Crippen molar-refractivity contribution in [1.82, 2.24) is 4.98 Å². The fourth-order valence-corrected chi connectivity index (χ4v) is 2.73. The van der Waals surface area contributed by atoms with Crippen LogP contribution in [0, 0.1) is 0 Å².